The van der Waals surface area contributed by atoms with Crippen LogP contribution in [-0.2, 0) is 11.3 Å². The summed E-state index contributed by atoms with van der Waals surface area (Å²) in [6.07, 6.45) is 4.46. The summed E-state index contributed by atoms with van der Waals surface area (Å²) in [5.41, 5.74) is 1.14. The summed E-state index contributed by atoms with van der Waals surface area (Å²) in [6, 6.07) is 0. The lowest BCUT2D eigenvalue weighted by Crippen LogP contribution is -2.05. The quantitative estimate of drug-likeness (QED) is 0.779. The summed E-state index contributed by atoms with van der Waals surface area (Å²) in [4.78, 5) is 3.13. The maximum absolute atomic E-state index is 5.34. The lowest BCUT2D eigenvalue weighted by molar-refractivity contribution is 0.183. The molecule has 1 atom stereocenters. The van der Waals surface area contributed by atoms with E-state index in [4.69, 9.17) is 17.0 Å². The van der Waals surface area contributed by atoms with Gasteiger partial charge in [0.15, 0.2) is 4.77 Å². The van der Waals surface area contributed by atoms with Crippen LogP contribution in [0.5, 0.6) is 0 Å². The Labute approximate surface area is 89.1 Å². The van der Waals surface area contributed by atoms with Crippen LogP contribution in [0.4, 0.5) is 0 Å². The maximum Gasteiger partial charge on any atom is 0.177 e. The van der Waals surface area contributed by atoms with E-state index in [1.807, 2.05) is 6.92 Å². The van der Waals surface area contributed by atoms with Gasteiger partial charge in [0.25, 0.3) is 0 Å². The standard InChI is InChI=1S/C10H16N2OS/c1-8-6-12(10(14)11-8)4-2-9-3-5-13-7-9/h6,9H,2-5,7H2,1H3,(H,11,14). The fraction of sp³-hybridized carbons (Fsp3) is 0.700. The summed E-state index contributed by atoms with van der Waals surface area (Å²) in [5, 5.41) is 0. The van der Waals surface area contributed by atoms with Crippen molar-refractivity contribution in [1.82, 2.24) is 9.55 Å². The number of ether oxygens (including phenoxy) is 1. The van der Waals surface area contributed by atoms with E-state index >= 15 is 0 Å². The lowest BCUT2D eigenvalue weighted by Gasteiger charge is -2.07. The topological polar surface area (TPSA) is 29.9 Å². The number of H-pyrrole nitrogens is 1. The minimum Gasteiger partial charge on any atom is -0.381 e. The van der Waals surface area contributed by atoms with E-state index in [1.54, 1.807) is 0 Å². The largest absolute Gasteiger partial charge is 0.381 e. The summed E-state index contributed by atoms with van der Waals surface area (Å²) < 4.78 is 8.29. The first-order valence-corrected chi connectivity index (χ1v) is 5.50. The molecule has 1 aromatic rings. The van der Waals surface area contributed by atoms with E-state index in [9.17, 15) is 0 Å². The van der Waals surface area contributed by atoms with Gasteiger partial charge in [-0.05, 0) is 37.9 Å². The Kier molecular flexibility index (Phi) is 3.03. The molecule has 1 aliphatic rings. The van der Waals surface area contributed by atoms with Gasteiger partial charge in [0.1, 0.15) is 0 Å². The zero-order chi connectivity index (χ0) is 9.97. The molecule has 3 nitrogen and oxygen atoms in total. The molecule has 2 rings (SSSR count). The van der Waals surface area contributed by atoms with Gasteiger partial charge in [-0.2, -0.15) is 0 Å². The second-order valence-electron chi connectivity index (χ2n) is 3.95. The number of aromatic amines is 1. The second kappa shape index (κ2) is 4.28. The van der Waals surface area contributed by atoms with Crippen molar-refractivity contribution in [3.8, 4) is 0 Å². The molecule has 4 heteroatoms. The Hall–Kier alpha value is -0.610. The van der Waals surface area contributed by atoms with Crippen molar-refractivity contribution in [2.75, 3.05) is 13.2 Å². The number of nitrogens with one attached hydrogen (secondary N) is 1. The first-order valence-electron chi connectivity index (χ1n) is 5.09. The molecule has 0 spiro atoms. The van der Waals surface area contributed by atoms with Crippen molar-refractivity contribution in [3.05, 3.63) is 16.7 Å². The highest BCUT2D eigenvalue weighted by molar-refractivity contribution is 7.71. The van der Waals surface area contributed by atoms with Crippen LogP contribution < -0.4 is 0 Å². The van der Waals surface area contributed by atoms with Crippen LogP contribution in [0.1, 0.15) is 18.5 Å². The van der Waals surface area contributed by atoms with E-state index < -0.39 is 0 Å². The van der Waals surface area contributed by atoms with Crippen LogP contribution in [0, 0.1) is 17.6 Å². The lowest BCUT2D eigenvalue weighted by atomic mass is 10.1. The Morgan fingerprint density at radius 2 is 2.57 bits per heavy atom. The van der Waals surface area contributed by atoms with Gasteiger partial charge >= 0.3 is 0 Å². The number of imidazole rings is 1. The molecule has 14 heavy (non-hydrogen) atoms. The van der Waals surface area contributed by atoms with Crippen LogP contribution >= 0.6 is 12.2 Å². The van der Waals surface area contributed by atoms with E-state index in [2.05, 4.69) is 15.7 Å². The fourth-order valence-electron chi connectivity index (χ4n) is 1.86. The highest BCUT2D eigenvalue weighted by atomic mass is 32.1. The molecule has 0 bridgehead atoms. The van der Waals surface area contributed by atoms with Crippen LogP contribution in [0.2, 0.25) is 0 Å². The third-order valence-electron chi connectivity index (χ3n) is 2.72. The number of nitrogens with zero attached hydrogens (tertiary/aromatic N) is 1. The molecule has 1 saturated heterocycles. The van der Waals surface area contributed by atoms with Crippen molar-refractivity contribution < 1.29 is 4.74 Å². The fourth-order valence-corrected chi connectivity index (χ4v) is 2.17. The van der Waals surface area contributed by atoms with Crippen molar-refractivity contribution in [3.63, 3.8) is 0 Å². The number of hydrogen-bond acceptors (Lipinski definition) is 2. The van der Waals surface area contributed by atoms with Crippen LogP contribution in [0.3, 0.4) is 0 Å². The second-order valence-corrected chi connectivity index (χ2v) is 4.34. The first-order chi connectivity index (χ1) is 6.75. The SMILES string of the molecule is Cc1cn(CCC2CCOC2)c(=S)[nH]1. The summed E-state index contributed by atoms with van der Waals surface area (Å²) >= 11 is 5.19. The molecule has 2 heterocycles. The van der Waals surface area contributed by atoms with Gasteiger partial charge in [-0.15, -0.1) is 0 Å². The zero-order valence-electron chi connectivity index (χ0n) is 8.45. The molecule has 0 amide bonds. The van der Waals surface area contributed by atoms with E-state index in [0.717, 1.165) is 36.1 Å². The van der Waals surface area contributed by atoms with Gasteiger partial charge in [0.05, 0.1) is 0 Å². The van der Waals surface area contributed by atoms with Crippen molar-refractivity contribution in [1.29, 1.82) is 0 Å². The van der Waals surface area contributed by atoms with Gasteiger partial charge in [-0.1, -0.05) is 0 Å². The Morgan fingerprint density at radius 3 is 3.14 bits per heavy atom. The highest BCUT2D eigenvalue weighted by Gasteiger charge is 2.15. The average molecular weight is 212 g/mol. The zero-order valence-corrected chi connectivity index (χ0v) is 9.27. The van der Waals surface area contributed by atoms with E-state index in [1.165, 1.54) is 12.8 Å². The smallest absolute Gasteiger partial charge is 0.177 e. The summed E-state index contributed by atoms with van der Waals surface area (Å²) in [7, 11) is 0. The van der Waals surface area contributed by atoms with Gasteiger partial charge in [-0.3, -0.25) is 0 Å². The molecule has 1 unspecified atom stereocenters. The molecule has 0 aliphatic carbocycles. The van der Waals surface area contributed by atoms with Crippen LogP contribution in [0.25, 0.3) is 0 Å². The number of hydrogen-bond donors (Lipinski definition) is 1. The van der Waals surface area contributed by atoms with Crippen LogP contribution in [0.15, 0.2) is 6.20 Å². The molecule has 1 N–H and O–H groups in total. The van der Waals surface area contributed by atoms with E-state index in [-0.39, 0.29) is 0 Å². The molecule has 1 aromatic heterocycles. The Balaban J connectivity index is 1.91. The Morgan fingerprint density at radius 1 is 1.71 bits per heavy atom. The molecule has 78 valence electrons. The molecule has 0 radical (unpaired) electrons. The molecular formula is C10H16N2OS. The third-order valence-corrected chi connectivity index (χ3v) is 3.05. The summed E-state index contributed by atoms with van der Waals surface area (Å²) in [5.74, 6) is 0.729. The Bertz CT molecular complexity index is 349. The number of rotatable bonds is 3. The molecule has 0 aromatic carbocycles. The molecule has 0 saturated carbocycles. The maximum atomic E-state index is 5.34. The van der Waals surface area contributed by atoms with Gasteiger partial charge in [0.2, 0.25) is 0 Å². The predicted molar refractivity (Wildman–Crippen MR) is 57.9 cm³/mol. The normalized spacial score (nSPS) is 21.6. The third kappa shape index (κ3) is 2.25. The van der Waals surface area contributed by atoms with Crippen LogP contribution in [-0.4, -0.2) is 22.8 Å². The average Bonchev–Trinajstić information content (AvgIpc) is 2.72. The van der Waals surface area contributed by atoms with Crippen molar-refractivity contribution in [2.24, 2.45) is 5.92 Å². The van der Waals surface area contributed by atoms with Gasteiger partial charge in [-0.25, -0.2) is 0 Å². The predicted octanol–water partition coefficient (Wildman–Crippen LogP) is 2.28. The summed E-state index contributed by atoms with van der Waals surface area (Å²) in [6.45, 7) is 4.90. The molecule has 1 aliphatic heterocycles. The highest BCUT2D eigenvalue weighted by Crippen LogP contribution is 2.17. The number of aromatic nitrogens is 2. The first kappa shape index (κ1) is 9.93. The monoisotopic (exact) mass is 212 g/mol. The van der Waals surface area contributed by atoms with Crippen molar-refractivity contribution >= 4 is 12.2 Å². The van der Waals surface area contributed by atoms with Crippen molar-refractivity contribution in [2.45, 2.75) is 26.3 Å². The minimum atomic E-state index is 0.729. The number of aryl methyl sites for hydroxylation is 2. The molecular weight excluding hydrogens is 196 g/mol. The molecule has 1 fully saturated rings. The van der Waals surface area contributed by atoms with E-state index in [0.29, 0.717) is 0 Å². The van der Waals surface area contributed by atoms with Gasteiger partial charge < -0.3 is 14.3 Å². The van der Waals surface area contributed by atoms with Gasteiger partial charge in [0, 0.05) is 31.6 Å². The minimum absolute atomic E-state index is 0.729.